The molecule has 0 radical (unpaired) electrons. The summed E-state index contributed by atoms with van der Waals surface area (Å²) in [6, 6.07) is 3.14. The number of hydrogen-bond acceptors (Lipinski definition) is 2. The molecule has 1 saturated heterocycles. The molecule has 1 unspecified atom stereocenters. The Balaban J connectivity index is 2.12. The van der Waals surface area contributed by atoms with Crippen molar-refractivity contribution in [3.63, 3.8) is 0 Å². The molecule has 2 rings (SSSR count). The predicted molar refractivity (Wildman–Crippen MR) is 64.2 cm³/mol. The van der Waals surface area contributed by atoms with Gasteiger partial charge in [0.15, 0.2) is 11.6 Å². The molecule has 0 aliphatic carbocycles. The van der Waals surface area contributed by atoms with Crippen molar-refractivity contribution >= 4 is 11.8 Å². The fraction of sp³-hybridized carbons (Fsp3) is 0.385. The summed E-state index contributed by atoms with van der Waals surface area (Å²) in [4.78, 5) is 24.9. The zero-order chi connectivity index (χ0) is 14.0. The van der Waals surface area contributed by atoms with E-state index in [1.807, 2.05) is 0 Å². The standard InChI is InChI=1S/C13H14F2N2O2/c1-8-13(19)16-5-6-17(8)11(18)7-9-3-2-4-10(14)12(9)15/h2-4,8H,5-7H2,1H3,(H,16,19). The lowest BCUT2D eigenvalue weighted by Crippen LogP contribution is -2.56. The number of amides is 2. The molecule has 1 aromatic rings. The monoisotopic (exact) mass is 268 g/mol. The maximum atomic E-state index is 13.5. The van der Waals surface area contributed by atoms with Crippen molar-refractivity contribution < 1.29 is 18.4 Å². The van der Waals surface area contributed by atoms with Crippen LogP contribution >= 0.6 is 0 Å². The molecule has 0 bridgehead atoms. The molecular formula is C13H14F2N2O2. The molecule has 1 aromatic carbocycles. The van der Waals surface area contributed by atoms with Gasteiger partial charge >= 0.3 is 0 Å². The van der Waals surface area contributed by atoms with E-state index in [2.05, 4.69) is 5.32 Å². The van der Waals surface area contributed by atoms with Gasteiger partial charge in [-0.25, -0.2) is 8.78 Å². The first kappa shape index (κ1) is 13.5. The van der Waals surface area contributed by atoms with Gasteiger partial charge in [0.05, 0.1) is 6.42 Å². The Bertz CT molecular complexity index is 519. The first-order valence-electron chi connectivity index (χ1n) is 6.00. The number of rotatable bonds is 2. The maximum absolute atomic E-state index is 13.5. The molecule has 1 atom stereocenters. The number of benzene rings is 1. The zero-order valence-corrected chi connectivity index (χ0v) is 10.5. The summed E-state index contributed by atoms with van der Waals surface area (Å²) in [5.74, 6) is -2.61. The van der Waals surface area contributed by atoms with E-state index in [1.165, 1.54) is 17.0 Å². The molecular weight excluding hydrogens is 254 g/mol. The SMILES string of the molecule is CC1C(=O)NCCN1C(=O)Cc1cccc(F)c1F. The van der Waals surface area contributed by atoms with Crippen LogP contribution in [0.5, 0.6) is 0 Å². The minimum Gasteiger partial charge on any atom is -0.353 e. The topological polar surface area (TPSA) is 49.4 Å². The van der Waals surface area contributed by atoms with Gasteiger partial charge in [-0.3, -0.25) is 9.59 Å². The molecule has 0 spiro atoms. The summed E-state index contributed by atoms with van der Waals surface area (Å²) in [7, 11) is 0. The van der Waals surface area contributed by atoms with Crippen LogP contribution in [-0.4, -0.2) is 35.8 Å². The van der Waals surface area contributed by atoms with Crippen LogP contribution in [0.1, 0.15) is 12.5 Å². The summed E-state index contributed by atoms with van der Waals surface area (Å²) in [5.41, 5.74) is 0.00295. The minimum atomic E-state index is -1.01. The predicted octanol–water partition coefficient (Wildman–Crippen LogP) is 0.854. The van der Waals surface area contributed by atoms with Crippen LogP contribution in [-0.2, 0) is 16.0 Å². The summed E-state index contributed by atoms with van der Waals surface area (Å²) in [6.45, 7) is 2.36. The second-order valence-corrected chi connectivity index (χ2v) is 4.44. The lowest BCUT2D eigenvalue weighted by molar-refractivity contribution is -0.142. The van der Waals surface area contributed by atoms with Crippen LogP contribution in [0.4, 0.5) is 8.78 Å². The van der Waals surface area contributed by atoms with Gasteiger partial charge in [0, 0.05) is 18.7 Å². The maximum Gasteiger partial charge on any atom is 0.242 e. The Labute approximate surface area is 109 Å². The first-order valence-corrected chi connectivity index (χ1v) is 6.00. The Morgan fingerprint density at radius 1 is 1.47 bits per heavy atom. The quantitative estimate of drug-likeness (QED) is 0.864. The number of carbonyl (C=O) groups is 2. The molecule has 1 aliphatic rings. The fourth-order valence-electron chi connectivity index (χ4n) is 2.07. The van der Waals surface area contributed by atoms with E-state index in [4.69, 9.17) is 0 Å². The van der Waals surface area contributed by atoms with Gasteiger partial charge in [-0.1, -0.05) is 12.1 Å². The fourth-order valence-corrected chi connectivity index (χ4v) is 2.07. The highest BCUT2D eigenvalue weighted by Gasteiger charge is 2.29. The summed E-state index contributed by atoms with van der Waals surface area (Å²) < 4.78 is 26.5. The van der Waals surface area contributed by atoms with E-state index in [-0.39, 0.29) is 23.8 Å². The van der Waals surface area contributed by atoms with Gasteiger partial charge in [0.2, 0.25) is 11.8 Å². The molecule has 1 N–H and O–H groups in total. The summed E-state index contributed by atoms with van der Waals surface area (Å²) in [5, 5.41) is 2.63. The second kappa shape index (κ2) is 5.34. The molecule has 1 heterocycles. The minimum absolute atomic E-state index is 0.00295. The number of nitrogens with zero attached hydrogens (tertiary/aromatic N) is 1. The van der Waals surface area contributed by atoms with Crippen molar-refractivity contribution in [3.8, 4) is 0 Å². The highest BCUT2D eigenvalue weighted by atomic mass is 19.2. The number of carbonyl (C=O) groups excluding carboxylic acids is 2. The molecule has 1 aliphatic heterocycles. The summed E-state index contributed by atoms with van der Waals surface area (Å²) >= 11 is 0. The molecule has 102 valence electrons. The molecule has 4 nitrogen and oxygen atoms in total. The van der Waals surface area contributed by atoms with E-state index < -0.39 is 17.7 Å². The van der Waals surface area contributed by atoms with Crippen molar-refractivity contribution in [2.75, 3.05) is 13.1 Å². The van der Waals surface area contributed by atoms with Gasteiger partial charge in [-0.05, 0) is 13.0 Å². The normalized spacial score (nSPS) is 19.2. The van der Waals surface area contributed by atoms with Crippen LogP contribution in [0.2, 0.25) is 0 Å². The Kier molecular flexibility index (Phi) is 3.78. The van der Waals surface area contributed by atoms with Crippen LogP contribution in [0.25, 0.3) is 0 Å². The van der Waals surface area contributed by atoms with E-state index in [0.717, 1.165) is 6.07 Å². The van der Waals surface area contributed by atoms with Crippen molar-refractivity contribution in [2.24, 2.45) is 0 Å². The van der Waals surface area contributed by atoms with Crippen molar-refractivity contribution in [1.82, 2.24) is 10.2 Å². The number of piperazine rings is 1. The molecule has 19 heavy (non-hydrogen) atoms. The highest BCUT2D eigenvalue weighted by molar-refractivity contribution is 5.89. The molecule has 1 fully saturated rings. The Hall–Kier alpha value is -1.98. The smallest absolute Gasteiger partial charge is 0.242 e. The highest BCUT2D eigenvalue weighted by Crippen LogP contribution is 2.14. The third-order valence-electron chi connectivity index (χ3n) is 3.19. The Morgan fingerprint density at radius 2 is 2.21 bits per heavy atom. The molecule has 0 saturated carbocycles. The van der Waals surface area contributed by atoms with Gasteiger partial charge in [0.25, 0.3) is 0 Å². The number of nitrogens with one attached hydrogen (secondary N) is 1. The van der Waals surface area contributed by atoms with Gasteiger partial charge in [-0.15, -0.1) is 0 Å². The molecule has 6 heteroatoms. The average molecular weight is 268 g/mol. The average Bonchev–Trinajstić information content (AvgIpc) is 2.38. The zero-order valence-electron chi connectivity index (χ0n) is 10.5. The number of halogens is 2. The lowest BCUT2D eigenvalue weighted by Gasteiger charge is -2.32. The van der Waals surface area contributed by atoms with Gasteiger partial charge in [0.1, 0.15) is 6.04 Å². The first-order chi connectivity index (χ1) is 9.00. The van der Waals surface area contributed by atoms with E-state index in [1.54, 1.807) is 6.92 Å². The van der Waals surface area contributed by atoms with E-state index in [9.17, 15) is 18.4 Å². The van der Waals surface area contributed by atoms with Crippen LogP contribution < -0.4 is 5.32 Å². The summed E-state index contributed by atoms with van der Waals surface area (Å²) in [6.07, 6.45) is -0.249. The Morgan fingerprint density at radius 3 is 2.95 bits per heavy atom. The van der Waals surface area contributed by atoms with Crippen molar-refractivity contribution in [1.29, 1.82) is 0 Å². The van der Waals surface area contributed by atoms with E-state index >= 15 is 0 Å². The van der Waals surface area contributed by atoms with Crippen molar-refractivity contribution in [2.45, 2.75) is 19.4 Å². The second-order valence-electron chi connectivity index (χ2n) is 4.44. The largest absolute Gasteiger partial charge is 0.353 e. The van der Waals surface area contributed by atoms with Crippen LogP contribution in [0.15, 0.2) is 18.2 Å². The van der Waals surface area contributed by atoms with E-state index in [0.29, 0.717) is 13.1 Å². The third kappa shape index (κ3) is 2.72. The third-order valence-corrected chi connectivity index (χ3v) is 3.19. The number of hydrogen-bond donors (Lipinski definition) is 1. The lowest BCUT2D eigenvalue weighted by atomic mass is 10.1. The van der Waals surface area contributed by atoms with Crippen LogP contribution in [0, 0.1) is 11.6 Å². The van der Waals surface area contributed by atoms with Crippen molar-refractivity contribution in [3.05, 3.63) is 35.4 Å². The van der Waals surface area contributed by atoms with Gasteiger partial charge in [-0.2, -0.15) is 0 Å². The van der Waals surface area contributed by atoms with Crippen LogP contribution in [0.3, 0.4) is 0 Å². The van der Waals surface area contributed by atoms with Gasteiger partial charge < -0.3 is 10.2 Å². The molecule has 2 amide bonds. The molecule has 0 aromatic heterocycles.